The van der Waals surface area contributed by atoms with Gasteiger partial charge in [0.2, 0.25) is 0 Å². The zero-order valence-electron chi connectivity index (χ0n) is 12.4. The molecule has 0 saturated heterocycles. The summed E-state index contributed by atoms with van der Waals surface area (Å²) in [5.74, 6) is -0.365. The van der Waals surface area contributed by atoms with Crippen LogP contribution < -0.4 is 10.6 Å². The van der Waals surface area contributed by atoms with E-state index in [2.05, 4.69) is 10.6 Å². The minimum Gasteiger partial charge on any atom is -0.348 e. The fourth-order valence-electron chi connectivity index (χ4n) is 2.80. The summed E-state index contributed by atoms with van der Waals surface area (Å²) in [6.07, 6.45) is 7.45. The third kappa shape index (κ3) is 5.58. The Morgan fingerprint density at radius 1 is 0.952 bits per heavy atom. The van der Waals surface area contributed by atoms with Gasteiger partial charge in [0.1, 0.15) is 0 Å². The lowest BCUT2D eigenvalue weighted by molar-refractivity contribution is -0.139. The molecular weight excluding hydrogens is 264 g/mol. The van der Waals surface area contributed by atoms with Crippen LogP contribution in [0.15, 0.2) is 30.3 Å². The molecular formula is C17H24N2O2. The van der Waals surface area contributed by atoms with E-state index in [1.165, 1.54) is 32.1 Å². The SMILES string of the molecule is O=C(NCCC1CCCCC1)C(=O)NCc1ccccc1. The quantitative estimate of drug-likeness (QED) is 0.817. The lowest BCUT2D eigenvalue weighted by Crippen LogP contribution is -2.40. The van der Waals surface area contributed by atoms with Crippen LogP contribution in [0.4, 0.5) is 0 Å². The lowest BCUT2D eigenvalue weighted by Gasteiger charge is -2.21. The van der Waals surface area contributed by atoms with Crippen LogP contribution in [0.1, 0.15) is 44.1 Å². The maximum atomic E-state index is 11.7. The number of amides is 2. The molecule has 0 radical (unpaired) electrons. The van der Waals surface area contributed by atoms with Crippen LogP contribution in [-0.2, 0) is 16.1 Å². The molecule has 0 heterocycles. The lowest BCUT2D eigenvalue weighted by atomic mass is 9.87. The second-order valence-corrected chi connectivity index (χ2v) is 5.72. The first-order valence-electron chi connectivity index (χ1n) is 7.85. The number of carbonyl (C=O) groups is 2. The largest absolute Gasteiger partial charge is 0.348 e. The molecule has 4 heteroatoms. The Labute approximate surface area is 126 Å². The summed E-state index contributed by atoms with van der Waals surface area (Å²) < 4.78 is 0. The van der Waals surface area contributed by atoms with E-state index >= 15 is 0 Å². The molecule has 1 fully saturated rings. The van der Waals surface area contributed by atoms with Crippen molar-refractivity contribution in [1.29, 1.82) is 0 Å². The van der Waals surface area contributed by atoms with Crippen LogP contribution in [0.2, 0.25) is 0 Å². The van der Waals surface area contributed by atoms with Gasteiger partial charge in [-0.2, -0.15) is 0 Å². The standard InChI is InChI=1S/C17H24N2O2/c20-16(18-12-11-14-7-3-1-4-8-14)17(21)19-13-15-9-5-2-6-10-15/h2,5-6,9-10,14H,1,3-4,7-8,11-13H2,(H,18,20)(H,19,21). The van der Waals surface area contributed by atoms with E-state index in [0.717, 1.165) is 12.0 Å². The predicted molar refractivity (Wildman–Crippen MR) is 82.5 cm³/mol. The Kier molecular flexibility index (Phi) is 6.25. The highest BCUT2D eigenvalue weighted by Gasteiger charge is 2.15. The number of rotatable bonds is 5. The molecule has 2 amide bonds. The minimum atomic E-state index is -0.553. The van der Waals surface area contributed by atoms with Crippen molar-refractivity contribution in [3.05, 3.63) is 35.9 Å². The summed E-state index contributed by atoms with van der Waals surface area (Å²) in [6, 6.07) is 9.57. The summed E-state index contributed by atoms with van der Waals surface area (Å²) in [5, 5.41) is 5.35. The molecule has 0 spiro atoms. The maximum Gasteiger partial charge on any atom is 0.309 e. The molecule has 0 aromatic heterocycles. The van der Waals surface area contributed by atoms with Crippen molar-refractivity contribution in [2.75, 3.05) is 6.54 Å². The third-order valence-electron chi connectivity index (χ3n) is 4.07. The van der Waals surface area contributed by atoms with Crippen molar-refractivity contribution < 1.29 is 9.59 Å². The number of benzene rings is 1. The number of hydrogen-bond acceptors (Lipinski definition) is 2. The first-order valence-corrected chi connectivity index (χ1v) is 7.85. The van der Waals surface area contributed by atoms with Gasteiger partial charge in [0.25, 0.3) is 0 Å². The van der Waals surface area contributed by atoms with Crippen molar-refractivity contribution in [3.8, 4) is 0 Å². The minimum absolute atomic E-state index is 0.385. The maximum absolute atomic E-state index is 11.7. The fraction of sp³-hybridized carbons (Fsp3) is 0.529. The average molecular weight is 288 g/mol. The summed E-state index contributed by atoms with van der Waals surface area (Å²) in [5.41, 5.74) is 0.987. The van der Waals surface area contributed by atoms with Crippen molar-refractivity contribution in [3.63, 3.8) is 0 Å². The zero-order valence-corrected chi connectivity index (χ0v) is 12.4. The van der Waals surface area contributed by atoms with Gasteiger partial charge in [-0.3, -0.25) is 9.59 Å². The van der Waals surface area contributed by atoms with Gasteiger partial charge in [0.05, 0.1) is 0 Å². The molecule has 1 aliphatic carbocycles. The van der Waals surface area contributed by atoms with E-state index in [1.807, 2.05) is 30.3 Å². The second-order valence-electron chi connectivity index (χ2n) is 5.72. The van der Waals surface area contributed by atoms with E-state index in [-0.39, 0.29) is 0 Å². The second kappa shape index (κ2) is 8.45. The highest BCUT2D eigenvalue weighted by atomic mass is 16.2. The molecule has 114 valence electrons. The number of hydrogen-bond donors (Lipinski definition) is 2. The van der Waals surface area contributed by atoms with Crippen LogP contribution in [0.5, 0.6) is 0 Å². The van der Waals surface area contributed by atoms with Gasteiger partial charge in [-0.05, 0) is 17.9 Å². The molecule has 1 aromatic carbocycles. The Balaban J connectivity index is 1.62. The Hall–Kier alpha value is -1.84. The average Bonchev–Trinajstić information content (AvgIpc) is 2.54. The Morgan fingerprint density at radius 2 is 1.62 bits per heavy atom. The molecule has 21 heavy (non-hydrogen) atoms. The molecule has 1 saturated carbocycles. The highest BCUT2D eigenvalue weighted by molar-refractivity contribution is 6.35. The summed E-state index contributed by atoms with van der Waals surface area (Å²) in [4.78, 5) is 23.4. The molecule has 0 bridgehead atoms. The van der Waals surface area contributed by atoms with Gasteiger partial charge in [0.15, 0.2) is 0 Å². The summed E-state index contributed by atoms with van der Waals surface area (Å²) >= 11 is 0. The third-order valence-corrected chi connectivity index (χ3v) is 4.07. The number of nitrogens with one attached hydrogen (secondary N) is 2. The molecule has 0 aliphatic heterocycles. The Morgan fingerprint density at radius 3 is 2.33 bits per heavy atom. The van der Waals surface area contributed by atoms with E-state index in [9.17, 15) is 9.59 Å². The normalized spacial score (nSPS) is 15.4. The van der Waals surface area contributed by atoms with Gasteiger partial charge in [0, 0.05) is 13.1 Å². The van der Waals surface area contributed by atoms with Crippen LogP contribution >= 0.6 is 0 Å². The first-order chi connectivity index (χ1) is 10.3. The Bertz CT molecular complexity index is 453. The van der Waals surface area contributed by atoms with Gasteiger partial charge in [-0.15, -0.1) is 0 Å². The monoisotopic (exact) mass is 288 g/mol. The molecule has 0 atom stereocenters. The molecule has 2 N–H and O–H groups in total. The van der Waals surface area contributed by atoms with Crippen molar-refractivity contribution in [2.45, 2.75) is 45.1 Å². The van der Waals surface area contributed by atoms with Crippen molar-refractivity contribution in [2.24, 2.45) is 5.92 Å². The van der Waals surface area contributed by atoms with E-state index in [0.29, 0.717) is 19.0 Å². The topological polar surface area (TPSA) is 58.2 Å². The molecule has 1 aliphatic rings. The van der Waals surface area contributed by atoms with E-state index in [1.54, 1.807) is 0 Å². The molecule has 0 unspecified atom stereocenters. The van der Waals surface area contributed by atoms with E-state index < -0.39 is 11.8 Å². The first kappa shape index (κ1) is 15.5. The summed E-state index contributed by atoms with van der Waals surface area (Å²) in [6.45, 7) is 0.984. The fourth-order valence-corrected chi connectivity index (χ4v) is 2.80. The van der Waals surface area contributed by atoms with Crippen LogP contribution in [0.3, 0.4) is 0 Å². The van der Waals surface area contributed by atoms with Gasteiger partial charge >= 0.3 is 11.8 Å². The van der Waals surface area contributed by atoms with Crippen LogP contribution in [0, 0.1) is 5.92 Å². The predicted octanol–water partition coefficient (Wildman–Crippen LogP) is 2.39. The van der Waals surface area contributed by atoms with Crippen molar-refractivity contribution in [1.82, 2.24) is 10.6 Å². The molecule has 4 nitrogen and oxygen atoms in total. The van der Waals surface area contributed by atoms with Crippen LogP contribution in [-0.4, -0.2) is 18.4 Å². The molecule has 1 aromatic rings. The van der Waals surface area contributed by atoms with Gasteiger partial charge in [-0.1, -0.05) is 62.4 Å². The molecule has 2 rings (SSSR count). The summed E-state index contributed by atoms with van der Waals surface area (Å²) in [7, 11) is 0. The zero-order chi connectivity index (χ0) is 14.9. The van der Waals surface area contributed by atoms with Crippen molar-refractivity contribution >= 4 is 11.8 Å². The van der Waals surface area contributed by atoms with Gasteiger partial charge < -0.3 is 10.6 Å². The van der Waals surface area contributed by atoms with Gasteiger partial charge in [-0.25, -0.2) is 0 Å². The van der Waals surface area contributed by atoms with Crippen LogP contribution in [0.25, 0.3) is 0 Å². The van der Waals surface area contributed by atoms with E-state index in [4.69, 9.17) is 0 Å². The smallest absolute Gasteiger partial charge is 0.309 e. The number of carbonyl (C=O) groups excluding carboxylic acids is 2. The highest BCUT2D eigenvalue weighted by Crippen LogP contribution is 2.25.